The van der Waals surface area contributed by atoms with E-state index in [9.17, 15) is 13.2 Å². The maximum absolute atomic E-state index is 12.4. The fraction of sp³-hybridized carbons (Fsp3) is 0.556. The van der Waals surface area contributed by atoms with Gasteiger partial charge in [-0.2, -0.15) is 18.2 Å². The van der Waals surface area contributed by atoms with Gasteiger partial charge in [-0.1, -0.05) is 6.92 Å². The van der Waals surface area contributed by atoms with Gasteiger partial charge in [0.15, 0.2) is 5.69 Å². The molecule has 0 saturated carbocycles. The molecular weight excluding hydrogens is 237 g/mol. The molecule has 0 bridgehead atoms. The highest BCUT2D eigenvalue weighted by Crippen LogP contribution is 2.29. The van der Waals surface area contributed by atoms with Gasteiger partial charge in [0.2, 0.25) is 5.95 Å². The molecule has 8 heteroatoms. The Hall–Kier alpha value is -1.57. The number of nitrogens with two attached hydrogens (primary N) is 1. The van der Waals surface area contributed by atoms with Gasteiger partial charge in [0.1, 0.15) is 5.82 Å². The first-order valence-electron chi connectivity index (χ1n) is 4.96. The third-order valence-corrected chi connectivity index (χ3v) is 2.10. The molecule has 1 unspecified atom stereocenters. The van der Waals surface area contributed by atoms with Crippen molar-refractivity contribution in [3.8, 4) is 0 Å². The average molecular weight is 250 g/mol. The van der Waals surface area contributed by atoms with Crippen molar-refractivity contribution >= 4 is 11.8 Å². The van der Waals surface area contributed by atoms with Crippen LogP contribution in [-0.2, 0) is 6.18 Å². The second kappa shape index (κ2) is 5.17. The standard InChI is InChI=1S/C9H13F3N4O/c1-2-5(4-17)14-7-3-6(9(10,11)12)15-8(13)16-7/h3,5,17H,2,4H2,1H3,(H3,13,14,15,16). The molecule has 1 aromatic heterocycles. The molecule has 5 nitrogen and oxygen atoms in total. The van der Waals surface area contributed by atoms with Crippen molar-refractivity contribution in [3.63, 3.8) is 0 Å². The van der Waals surface area contributed by atoms with Crippen LogP contribution >= 0.6 is 0 Å². The molecule has 0 radical (unpaired) electrons. The van der Waals surface area contributed by atoms with E-state index in [2.05, 4.69) is 15.3 Å². The van der Waals surface area contributed by atoms with Gasteiger partial charge < -0.3 is 16.2 Å². The lowest BCUT2D eigenvalue weighted by atomic mass is 10.2. The summed E-state index contributed by atoms with van der Waals surface area (Å²) in [5.41, 5.74) is 4.08. The number of alkyl halides is 3. The second-order valence-electron chi connectivity index (χ2n) is 3.43. The van der Waals surface area contributed by atoms with Crippen molar-refractivity contribution < 1.29 is 18.3 Å². The first-order valence-corrected chi connectivity index (χ1v) is 4.96. The molecule has 17 heavy (non-hydrogen) atoms. The number of aliphatic hydroxyl groups excluding tert-OH is 1. The number of halogens is 3. The maximum atomic E-state index is 12.4. The molecule has 0 aliphatic rings. The normalized spacial score (nSPS) is 13.5. The zero-order valence-electron chi connectivity index (χ0n) is 9.12. The summed E-state index contributed by atoms with van der Waals surface area (Å²) in [6.45, 7) is 1.57. The highest BCUT2D eigenvalue weighted by molar-refractivity contribution is 5.42. The van der Waals surface area contributed by atoms with Gasteiger partial charge in [-0.25, -0.2) is 4.98 Å². The lowest BCUT2D eigenvalue weighted by Gasteiger charge is -2.16. The van der Waals surface area contributed by atoms with E-state index in [-0.39, 0.29) is 18.5 Å². The molecule has 0 spiro atoms. The zero-order chi connectivity index (χ0) is 13.1. The SMILES string of the molecule is CCC(CO)Nc1cc(C(F)(F)F)nc(N)n1. The summed E-state index contributed by atoms with van der Waals surface area (Å²) >= 11 is 0. The number of aliphatic hydroxyl groups is 1. The number of hydrogen-bond donors (Lipinski definition) is 3. The minimum atomic E-state index is -4.57. The minimum absolute atomic E-state index is 0.0503. The number of aromatic nitrogens is 2. The summed E-state index contributed by atoms with van der Waals surface area (Å²) in [6, 6.07) is 0.389. The Kier molecular flexibility index (Phi) is 4.11. The summed E-state index contributed by atoms with van der Waals surface area (Å²) in [6.07, 6.45) is -4.03. The Labute approximate surface area is 95.9 Å². The fourth-order valence-corrected chi connectivity index (χ4v) is 1.17. The largest absolute Gasteiger partial charge is 0.433 e. The van der Waals surface area contributed by atoms with E-state index in [0.717, 1.165) is 6.07 Å². The van der Waals surface area contributed by atoms with Crippen LogP contribution in [0, 0.1) is 0 Å². The van der Waals surface area contributed by atoms with Crippen LogP contribution in [0.1, 0.15) is 19.0 Å². The molecule has 1 aromatic rings. The predicted octanol–water partition coefficient (Wildman–Crippen LogP) is 1.26. The Bertz CT molecular complexity index is 379. The number of nitrogens with one attached hydrogen (secondary N) is 1. The van der Waals surface area contributed by atoms with Crippen LogP contribution < -0.4 is 11.1 Å². The molecule has 0 aliphatic heterocycles. The van der Waals surface area contributed by atoms with E-state index in [1.165, 1.54) is 0 Å². The van der Waals surface area contributed by atoms with Crippen LogP contribution in [0.5, 0.6) is 0 Å². The van der Waals surface area contributed by atoms with Gasteiger partial charge in [0, 0.05) is 6.07 Å². The van der Waals surface area contributed by atoms with E-state index in [1.54, 1.807) is 6.92 Å². The van der Waals surface area contributed by atoms with Crippen LogP contribution in [0.2, 0.25) is 0 Å². The van der Waals surface area contributed by atoms with Gasteiger partial charge in [0.05, 0.1) is 12.6 Å². The molecule has 0 aliphatic carbocycles. The second-order valence-corrected chi connectivity index (χ2v) is 3.43. The van der Waals surface area contributed by atoms with E-state index >= 15 is 0 Å². The molecule has 0 saturated heterocycles. The van der Waals surface area contributed by atoms with Gasteiger partial charge in [-0.3, -0.25) is 0 Å². The Morgan fingerprint density at radius 2 is 2.12 bits per heavy atom. The molecule has 0 fully saturated rings. The fourth-order valence-electron chi connectivity index (χ4n) is 1.17. The van der Waals surface area contributed by atoms with Crippen molar-refractivity contribution in [3.05, 3.63) is 11.8 Å². The molecule has 1 atom stereocenters. The van der Waals surface area contributed by atoms with Crippen LogP contribution in [0.3, 0.4) is 0 Å². The molecule has 0 amide bonds. The summed E-state index contributed by atoms with van der Waals surface area (Å²) in [5.74, 6) is -0.513. The summed E-state index contributed by atoms with van der Waals surface area (Å²) in [7, 11) is 0. The van der Waals surface area contributed by atoms with Gasteiger partial charge in [-0.15, -0.1) is 0 Å². The van der Waals surface area contributed by atoms with Crippen molar-refractivity contribution in [2.45, 2.75) is 25.6 Å². The Morgan fingerprint density at radius 3 is 2.59 bits per heavy atom. The number of anilines is 2. The highest BCUT2D eigenvalue weighted by Gasteiger charge is 2.33. The first kappa shape index (κ1) is 13.5. The van der Waals surface area contributed by atoms with Crippen LogP contribution in [0.4, 0.5) is 24.9 Å². The minimum Gasteiger partial charge on any atom is -0.394 e. The Morgan fingerprint density at radius 1 is 1.47 bits per heavy atom. The molecular formula is C9H13F3N4O. The topological polar surface area (TPSA) is 84.1 Å². The first-order chi connectivity index (χ1) is 7.86. The lowest BCUT2D eigenvalue weighted by Crippen LogP contribution is -2.24. The third kappa shape index (κ3) is 3.74. The highest BCUT2D eigenvalue weighted by atomic mass is 19.4. The summed E-state index contributed by atoms with van der Waals surface area (Å²) < 4.78 is 37.3. The average Bonchev–Trinajstić information content (AvgIpc) is 2.24. The van der Waals surface area contributed by atoms with Crippen LogP contribution in [0.25, 0.3) is 0 Å². The third-order valence-electron chi connectivity index (χ3n) is 2.10. The van der Waals surface area contributed by atoms with E-state index < -0.39 is 17.8 Å². The molecule has 0 aromatic carbocycles. The van der Waals surface area contributed by atoms with E-state index in [1.807, 2.05) is 0 Å². The number of hydrogen-bond acceptors (Lipinski definition) is 5. The molecule has 1 heterocycles. The quantitative estimate of drug-likeness (QED) is 0.749. The molecule has 96 valence electrons. The van der Waals surface area contributed by atoms with Gasteiger partial charge in [-0.05, 0) is 6.42 Å². The lowest BCUT2D eigenvalue weighted by molar-refractivity contribution is -0.141. The predicted molar refractivity (Wildman–Crippen MR) is 56.2 cm³/mol. The van der Waals surface area contributed by atoms with Crippen molar-refractivity contribution in [1.82, 2.24) is 9.97 Å². The Balaban J connectivity index is 2.97. The number of nitrogen functional groups attached to an aromatic ring is 1. The van der Waals surface area contributed by atoms with Crippen molar-refractivity contribution in [2.24, 2.45) is 0 Å². The molecule has 4 N–H and O–H groups in total. The summed E-state index contributed by atoms with van der Waals surface area (Å²) in [4.78, 5) is 6.73. The number of nitrogens with zero attached hydrogens (tertiary/aromatic N) is 2. The zero-order valence-corrected chi connectivity index (χ0v) is 9.12. The molecule has 1 rings (SSSR count). The summed E-state index contributed by atoms with van der Waals surface area (Å²) in [5, 5.41) is 11.6. The van der Waals surface area contributed by atoms with Crippen molar-refractivity contribution in [2.75, 3.05) is 17.7 Å². The van der Waals surface area contributed by atoms with E-state index in [4.69, 9.17) is 10.8 Å². The number of rotatable bonds is 4. The monoisotopic (exact) mass is 250 g/mol. The van der Waals surface area contributed by atoms with Gasteiger partial charge in [0.25, 0.3) is 0 Å². The van der Waals surface area contributed by atoms with E-state index in [0.29, 0.717) is 6.42 Å². The van der Waals surface area contributed by atoms with Crippen molar-refractivity contribution in [1.29, 1.82) is 0 Å². The van der Waals surface area contributed by atoms with Gasteiger partial charge >= 0.3 is 6.18 Å². The smallest absolute Gasteiger partial charge is 0.394 e. The van der Waals surface area contributed by atoms with Crippen LogP contribution in [-0.4, -0.2) is 27.7 Å². The van der Waals surface area contributed by atoms with Crippen LogP contribution in [0.15, 0.2) is 6.07 Å². The maximum Gasteiger partial charge on any atom is 0.433 e.